The lowest BCUT2D eigenvalue weighted by molar-refractivity contribution is -0.119. The molecule has 0 unspecified atom stereocenters. The summed E-state index contributed by atoms with van der Waals surface area (Å²) in [6.07, 6.45) is 1.55. The van der Waals surface area contributed by atoms with Gasteiger partial charge in [-0.3, -0.25) is 9.10 Å². The third kappa shape index (κ3) is 5.50. The Labute approximate surface area is 204 Å². The van der Waals surface area contributed by atoms with Crippen LogP contribution < -0.4 is 14.5 Å². The van der Waals surface area contributed by atoms with Gasteiger partial charge in [0.05, 0.1) is 23.9 Å². The van der Waals surface area contributed by atoms with E-state index in [0.717, 1.165) is 26.2 Å². The molecule has 4 aromatic rings. The summed E-state index contributed by atoms with van der Waals surface area (Å²) >= 11 is 0. The topological polar surface area (TPSA) is 88.1 Å². The number of rotatable bonds is 8. The molecule has 0 atom stereocenters. The third-order valence-electron chi connectivity index (χ3n) is 5.47. The number of fused-ring (bicyclic) bond motifs is 1. The fourth-order valence-electron chi connectivity index (χ4n) is 3.60. The molecule has 0 fully saturated rings. The van der Waals surface area contributed by atoms with Gasteiger partial charge in [0.25, 0.3) is 15.9 Å². The van der Waals surface area contributed by atoms with E-state index in [9.17, 15) is 13.2 Å². The van der Waals surface area contributed by atoms with Crippen LogP contribution in [0.1, 0.15) is 11.1 Å². The molecule has 4 aromatic carbocycles. The van der Waals surface area contributed by atoms with Crippen LogP contribution in [0.2, 0.25) is 0 Å². The molecule has 35 heavy (non-hydrogen) atoms. The normalized spacial score (nSPS) is 11.5. The van der Waals surface area contributed by atoms with E-state index in [4.69, 9.17) is 4.74 Å². The number of amides is 1. The van der Waals surface area contributed by atoms with Gasteiger partial charge in [0.2, 0.25) is 0 Å². The summed E-state index contributed by atoms with van der Waals surface area (Å²) < 4.78 is 33.1. The van der Waals surface area contributed by atoms with Crippen LogP contribution in [0.4, 0.5) is 5.69 Å². The third-order valence-corrected chi connectivity index (χ3v) is 7.26. The molecule has 0 heterocycles. The summed E-state index contributed by atoms with van der Waals surface area (Å²) in [6, 6.07) is 26.6. The molecule has 7 nitrogen and oxygen atoms in total. The van der Waals surface area contributed by atoms with Crippen molar-refractivity contribution < 1.29 is 17.9 Å². The summed E-state index contributed by atoms with van der Waals surface area (Å²) in [5.74, 6) is -0.00133. The number of hydrogen-bond acceptors (Lipinski definition) is 5. The number of ether oxygens (including phenoxy) is 1. The lowest BCUT2D eigenvalue weighted by atomic mass is 10.1. The Morgan fingerprint density at radius 3 is 2.34 bits per heavy atom. The fraction of sp³-hybridized carbons (Fsp3) is 0.111. The first-order valence-electron chi connectivity index (χ1n) is 10.9. The van der Waals surface area contributed by atoms with Crippen molar-refractivity contribution in [1.82, 2.24) is 5.43 Å². The van der Waals surface area contributed by atoms with Crippen LogP contribution in [-0.2, 0) is 14.8 Å². The maximum atomic E-state index is 13.5. The number of methoxy groups -OCH3 is 1. The number of carbonyl (C=O) groups is 1. The van der Waals surface area contributed by atoms with Gasteiger partial charge in [0.1, 0.15) is 12.3 Å². The second-order valence-corrected chi connectivity index (χ2v) is 9.75. The van der Waals surface area contributed by atoms with Gasteiger partial charge in [-0.15, -0.1) is 0 Å². The zero-order chi connectivity index (χ0) is 24.8. The van der Waals surface area contributed by atoms with Crippen LogP contribution in [-0.4, -0.2) is 34.2 Å². The van der Waals surface area contributed by atoms with E-state index < -0.39 is 22.5 Å². The molecule has 8 heteroatoms. The molecule has 0 aliphatic rings. The SMILES string of the molecule is COc1ccc(N(CC(=O)N/N=C\c2cccc3ccccc23)S(=O)(=O)c2ccc(C)cc2)cc1. The maximum absolute atomic E-state index is 13.5. The van der Waals surface area contributed by atoms with Crippen molar-refractivity contribution in [2.45, 2.75) is 11.8 Å². The van der Waals surface area contributed by atoms with Crippen molar-refractivity contribution in [2.24, 2.45) is 5.10 Å². The Hall–Kier alpha value is -4.17. The first-order valence-corrected chi connectivity index (χ1v) is 12.4. The van der Waals surface area contributed by atoms with Crippen molar-refractivity contribution in [3.63, 3.8) is 0 Å². The van der Waals surface area contributed by atoms with Crippen LogP contribution in [0, 0.1) is 6.92 Å². The first-order chi connectivity index (χ1) is 16.9. The Bertz CT molecular complexity index is 1460. The van der Waals surface area contributed by atoms with Crippen LogP contribution in [0.25, 0.3) is 10.8 Å². The van der Waals surface area contributed by atoms with Gasteiger partial charge < -0.3 is 4.74 Å². The molecular formula is C27H25N3O4S. The number of sulfonamides is 1. The molecule has 1 N–H and O–H groups in total. The summed E-state index contributed by atoms with van der Waals surface area (Å²) in [5.41, 5.74) is 4.55. The lowest BCUT2D eigenvalue weighted by Gasteiger charge is -2.24. The number of anilines is 1. The Kier molecular flexibility index (Phi) is 7.12. The molecule has 0 spiro atoms. The van der Waals surface area contributed by atoms with Crippen LogP contribution in [0.5, 0.6) is 5.75 Å². The van der Waals surface area contributed by atoms with Gasteiger partial charge in [0.15, 0.2) is 0 Å². The number of nitrogens with one attached hydrogen (secondary N) is 1. The predicted molar refractivity (Wildman–Crippen MR) is 138 cm³/mol. The van der Waals surface area contributed by atoms with E-state index >= 15 is 0 Å². The van der Waals surface area contributed by atoms with Gasteiger partial charge in [-0.05, 0) is 54.1 Å². The van der Waals surface area contributed by atoms with Crippen LogP contribution in [0.3, 0.4) is 0 Å². The fourth-order valence-corrected chi connectivity index (χ4v) is 5.02. The van der Waals surface area contributed by atoms with Crippen molar-refractivity contribution in [1.29, 1.82) is 0 Å². The van der Waals surface area contributed by atoms with Crippen molar-refractivity contribution >= 4 is 38.6 Å². The van der Waals surface area contributed by atoms with E-state index in [1.807, 2.05) is 49.4 Å². The largest absolute Gasteiger partial charge is 0.497 e. The van der Waals surface area contributed by atoms with Gasteiger partial charge in [0, 0.05) is 5.56 Å². The zero-order valence-electron chi connectivity index (χ0n) is 19.4. The molecule has 0 aliphatic heterocycles. The number of hydrogen-bond donors (Lipinski definition) is 1. The maximum Gasteiger partial charge on any atom is 0.264 e. The van der Waals surface area contributed by atoms with Gasteiger partial charge >= 0.3 is 0 Å². The second kappa shape index (κ2) is 10.4. The van der Waals surface area contributed by atoms with E-state index in [2.05, 4.69) is 10.5 Å². The first kappa shape index (κ1) is 24.0. The van der Waals surface area contributed by atoms with E-state index in [1.165, 1.54) is 19.2 Å². The number of carbonyl (C=O) groups excluding carboxylic acids is 1. The van der Waals surface area contributed by atoms with Crippen molar-refractivity contribution in [2.75, 3.05) is 18.0 Å². The highest BCUT2D eigenvalue weighted by Crippen LogP contribution is 2.26. The summed E-state index contributed by atoms with van der Waals surface area (Å²) in [5, 5.41) is 6.11. The number of aryl methyl sites for hydroxylation is 1. The van der Waals surface area contributed by atoms with E-state index in [0.29, 0.717) is 11.4 Å². The van der Waals surface area contributed by atoms with E-state index in [-0.39, 0.29) is 4.90 Å². The predicted octanol–water partition coefficient (Wildman–Crippen LogP) is 4.50. The standard InChI is InChI=1S/C27H25N3O4S/c1-20-10-16-25(17-11-20)35(32,33)30(23-12-14-24(34-2)15-13-23)19-27(31)29-28-18-22-8-5-7-21-6-3-4-9-26(21)22/h3-18H,19H2,1-2H3,(H,29,31)/b28-18-. The highest BCUT2D eigenvalue weighted by atomic mass is 32.2. The molecule has 1 amide bonds. The lowest BCUT2D eigenvalue weighted by Crippen LogP contribution is -2.39. The molecule has 0 saturated heterocycles. The highest BCUT2D eigenvalue weighted by Gasteiger charge is 2.27. The highest BCUT2D eigenvalue weighted by molar-refractivity contribution is 7.92. The van der Waals surface area contributed by atoms with Crippen molar-refractivity contribution in [3.05, 3.63) is 102 Å². The monoisotopic (exact) mass is 487 g/mol. The van der Waals surface area contributed by atoms with Crippen LogP contribution >= 0.6 is 0 Å². The molecule has 0 aromatic heterocycles. The van der Waals surface area contributed by atoms with Crippen LogP contribution in [0.15, 0.2) is 101 Å². The van der Waals surface area contributed by atoms with E-state index in [1.54, 1.807) is 42.6 Å². The summed E-state index contributed by atoms with van der Waals surface area (Å²) in [7, 11) is -2.49. The molecule has 0 aliphatic carbocycles. The zero-order valence-corrected chi connectivity index (χ0v) is 20.2. The number of benzene rings is 4. The average molecular weight is 488 g/mol. The Morgan fingerprint density at radius 1 is 0.943 bits per heavy atom. The summed E-state index contributed by atoms with van der Waals surface area (Å²) in [6.45, 7) is 1.43. The molecule has 0 saturated carbocycles. The number of nitrogens with zero attached hydrogens (tertiary/aromatic N) is 2. The summed E-state index contributed by atoms with van der Waals surface area (Å²) in [4.78, 5) is 12.9. The minimum absolute atomic E-state index is 0.0889. The van der Waals surface area contributed by atoms with Gasteiger partial charge in [-0.1, -0.05) is 60.2 Å². The van der Waals surface area contributed by atoms with Crippen molar-refractivity contribution in [3.8, 4) is 5.75 Å². The molecule has 0 radical (unpaired) electrons. The Balaban J connectivity index is 1.58. The smallest absolute Gasteiger partial charge is 0.264 e. The second-order valence-electron chi connectivity index (χ2n) is 7.88. The minimum Gasteiger partial charge on any atom is -0.497 e. The van der Waals surface area contributed by atoms with Gasteiger partial charge in [-0.2, -0.15) is 5.10 Å². The number of hydrazone groups is 1. The molecule has 4 rings (SSSR count). The minimum atomic E-state index is -4.01. The quantitative estimate of drug-likeness (QED) is 0.293. The Morgan fingerprint density at radius 2 is 1.63 bits per heavy atom. The average Bonchev–Trinajstić information content (AvgIpc) is 2.88. The molecular weight excluding hydrogens is 462 g/mol. The van der Waals surface area contributed by atoms with Gasteiger partial charge in [-0.25, -0.2) is 13.8 Å². The molecule has 178 valence electrons. The molecule has 0 bridgehead atoms.